The lowest BCUT2D eigenvalue weighted by molar-refractivity contribution is 0.188. The maximum Gasteiger partial charge on any atom is 0.168 e. The third kappa shape index (κ3) is 6.21. The molecule has 0 heterocycles. The number of rotatable bonds is 8. The smallest absolute Gasteiger partial charge is 0.168 e. The number of benzene rings is 1. The second-order valence-electron chi connectivity index (χ2n) is 4.60. The number of ether oxygens (including phenoxy) is 2. The molecule has 0 atom stereocenters. The van der Waals surface area contributed by atoms with E-state index in [1.54, 1.807) is 14.2 Å². The van der Waals surface area contributed by atoms with E-state index in [-0.39, 0.29) is 0 Å². The van der Waals surface area contributed by atoms with Gasteiger partial charge in [0.1, 0.15) is 5.75 Å². The van der Waals surface area contributed by atoms with Crippen LogP contribution in [-0.2, 0) is 11.2 Å². The maximum absolute atomic E-state index is 5.34. The largest absolute Gasteiger partial charge is 0.497 e. The zero-order valence-corrected chi connectivity index (χ0v) is 13.3. The van der Waals surface area contributed by atoms with Gasteiger partial charge in [0.05, 0.1) is 7.11 Å². The van der Waals surface area contributed by atoms with Gasteiger partial charge < -0.3 is 19.7 Å². The van der Waals surface area contributed by atoms with Gasteiger partial charge in [0.25, 0.3) is 0 Å². The lowest BCUT2D eigenvalue weighted by atomic mass is 10.1. The van der Waals surface area contributed by atoms with Crippen LogP contribution in [-0.4, -0.2) is 51.0 Å². The third-order valence-electron chi connectivity index (χ3n) is 3.04. The number of nitrogens with zero attached hydrogens (tertiary/aromatic N) is 1. The van der Waals surface area contributed by atoms with Crippen LogP contribution < -0.4 is 10.1 Å². The maximum atomic E-state index is 5.34. The van der Waals surface area contributed by atoms with Crippen LogP contribution in [0.5, 0.6) is 5.75 Å². The molecule has 112 valence electrons. The first-order chi connectivity index (χ1) is 9.67. The highest BCUT2D eigenvalue weighted by atomic mass is 32.1. The molecular formula is C15H24N2O2S. The molecule has 1 aromatic rings. The van der Waals surface area contributed by atoms with Gasteiger partial charge in [0, 0.05) is 33.9 Å². The van der Waals surface area contributed by atoms with Gasteiger partial charge in [-0.05, 0) is 42.8 Å². The number of methoxy groups -OCH3 is 2. The van der Waals surface area contributed by atoms with Gasteiger partial charge in [-0.3, -0.25) is 0 Å². The molecule has 0 bridgehead atoms. The van der Waals surface area contributed by atoms with Crippen molar-refractivity contribution >= 4 is 17.3 Å². The molecule has 0 amide bonds. The zero-order chi connectivity index (χ0) is 14.8. The summed E-state index contributed by atoms with van der Waals surface area (Å²) < 4.78 is 10.2. The predicted octanol–water partition coefficient (Wildman–Crippen LogP) is 2.08. The van der Waals surface area contributed by atoms with E-state index in [1.807, 2.05) is 24.1 Å². The van der Waals surface area contributed by atoms with Crippen molar-refractivity contribution in [1.82, 2.24) is 10.2 Å². The van der Waals surface area contributed by atoms with Gasteiger partial charge >= 0.3 is 0 Å². The molecule has 0 aromatic heterocycles. The second-order valence-corrected chi connectivity index (χ2v) is 4.98. The predicted molar refractivity (Wildman–Crippen MR) is 86.4 cm³/mol. The Morgan fingerprint density at radius 1 is 1.25 bits per heavy atom. The van der Waals surface area contributed by atoms with Crippen molar-refractivity contribution in [2.24, 2.45) is 0 Å². The van der Waals surface area contributed by atoms with Crippen LogP contribution in [0.4, 0.5) is 0 Å². The Morgan fingerprint density at radius 2 is 1.95 bits per heavy atom. The molecule has 4 nitrogen and oxygen atoms in total. The van der Waals surface area contributed by atoms with Crippen LogP contribution in [0.15, 0.2) is 24.3 Å². The van der Waals surface area contributed by atoms with E-state index in [4.69, 9.17) is 21.7 Å². The molecule has 0 saturated heterocycles. The number of thiocarbonyl (C=S) groups is 1. The summed E-state index contributed by atoms with van der Waals surface area (Å²) in [6.45, 7) is 2.50. The van der Waals surface area contributed by atoms with Crippen molar-refractivity contribution in [3.05, 3.63) is 29.8 Å². The number of hydrogen-bond acceptors (Lipinski definition) is 3. The fourth-order valence-corrected chi connectivity index (χ4v) is 1.98. The summed E-state index contributed by atoms with van der Waals surface area (Å²) in [5, 5.41) is 4.06. The second kappa shape index (κ2) is 9.55. The van der Waals surface area contributed by atoms with Crippen molar-refractivity contribution in [1.29, 1.82) is 0 Å². The molecule has 20 heavy (non-hydrogen) atoms. The van der Waals surface area contributed by atoms with E-state index in [0.29, 0.717) is 0 Å². The van der Waals surface area contributed by atoms with Crippen LogP contribution in [0.1, 0.15) is 12.0 Å². The molecule has 0 radical (unpaired) electrons. The first kappa shape index (κ1) is 16.7. The van der Waals surface area contributed by atoms with Crippen molar-refractivity contribution in [3.63, 3.8) is 0 Å². The highest BCUT2D eigenvalue weighted by molar-refractivity contribution is 7.80. The molecule has 1 rings (SSSR count). The minimum atomic E-state index is 0.763. The van der Waals surface area contributed by atoms with Crippen LogP contribution >= 0.6 is 12.2 Å². The van der Waals surface area contributed by atoms with Gasteiger partial charge in [-0.2, -0.15) is 0 Å². The molecule has 1 N–H and O–H groups in total. The van der Waals surface area contributed by atoms with E-state index in [0.717, 1.165) is 43.4 Å². The van der Waals surface area contributed by atoms with Gasteiger partial charge in [0.2, 0.25) is 0 Å². The lowest BCUT2D eigenvalue weighted by Gasteiger charge is -2.20. The normalized spacial score (nSPS) is 10.2. The molecule has 0 aliphatic heterocycles. The van der Waals surface area contributed by atoms with Crippen LogP contribution in [0.2, 0.25) is 0 Å². The molecule has 0 unspecified atom stereocenters. The summed E-state index contributed by atoms with van der Waals surface area (Å²) in [6.07, 6.45) is 1.92. The Labute approximate surface area is 127 Å². The quantitative estimate of drug-likeness (QED) is 0.587. The average molecular weight is 296 g/mol. The number of hydrogen-bond donors (Lipinski definition) is 1. The molecule has 5 heteroatoms. The van der Waals surface area contributed by atoms with Crippen molar-refractivity contribution < 1.29 is 9.47 Å². The average Bonchev–Trinajstić information content (AvgIpc) is 2.48. The summed E-state index contributed by atoms with van der Waals surface area (Å²) >= 11 is 5.34. The standard InChI is InChI=1S/C15H24N2O2S/c1-17(11-4-12-18-2)15(20)16-10-9-13-5-7-14(19-3)8-6-13/h5-8H,4,9-12H2,1-3H3,(H,16,20). The minimum Gasteiger partial charge on any atom is -0.497 e. The molecular weight excluding hydrogens is 272 g/mol. The molecule has 0 fully saturated rings. The Kier molecular flexibility index (Phi) is 7.99. The topological polar surface area (TPSA) is 33.7 Å². The van der Waals surface area contributed by atoms with Crippen molar-refractivity contribution in [2.75, 3.05) is 41.0 Å². The van der Waals surface area contributed by atoms with Gasteiger partial charge in [0.15, 0.2) is 5.11 Å². The van der Waals surface area contributed by atoms with Crippen LogP contribution in [0.3, 0.4) is 0 Å². The van der Waals surface area contributed by atoms with Crippen LogP contribution in [0, 0.1) is 0 Å². The summed E-state index contributed by atoms with van der Waals surface area (Å²) in [5.41, 5.74) is 1.27. The van der Waals surface area contributed by atoms with Gasteiger partial charge in [-0.15, -0.1) is 0 Å². The summed E-state index contributed by atoms with van der Waals surface area (Å²) in [6, 6.07) is 8.10. The van der Waals surface area contributed by atoms with Gasteiger partial charge in [-0.25, -0.2) is 0 Å². The highest BCUT2D eigenvalue weighted by Gasteiger charge is 2.03. The fraction of sp³-hybridized carbons (Fsp3) is 0.533. The zero-order valence-electron chi connectivity index (χ0n) is 12.5. The lowest BCUT2D eigenvalue weighted by Crippen LogP contribution is -2.38. The Balaban J connectivity index is 2.23. The molecule has 0 aliphatic carbocycles. The molecule has 0 saturated carbocycles. The summed E-state index contributed by atoms with van der Waals surface area (Å²) in [5.74, 6) is 0.884. The first-order valence-electron chi connectivity index (χ1n) is 6.78. The fourth-order valence-electron chi connectivity index (χ4n) is 1.79. The van der Waals surface area contributed by atoms with E-state index in [9.17, 15) is 0 Å². The van der Waals surface area contributed by atoms with E-state index in [2.05, 4.69) is 17.4 Å². The Bertz CT molecular complexity index is 395. The van der Waals surface area contributed by atoms with Crippen molar-refractivity contribution in [2.45, 2.75) is 12.8 Å². The van der Waals surface area contributed by atoms with Crippen molar-refractivity contribution in [3.8, 4) is 5.75 Å². The van der Waals surface area contributed by atoms with Gasteiger partial charge in [-0.1, -0.05) is 12.1 Å². The Hall–Kier alpha value is -1.33. The summed E-state index contributed by atoms with van der Waals surface area (Å²) in [7, 11) is 5.39. The highest BCUT2D eigenvalue weighted by Crippen LogP contribution is 2.11. The third-order valence-corrected chi connectivity index (χ3v) is 3.49. The molecule has 0 aliphatic rings. The Morgan fingerprint density at radius 3 is 2.55 bits per heavy atom. The monoisotopic (exact) mass is 296 g/mol. The molecule has 0 spiro atoms. The number of nitrogens with one attached hydrogen (secondary N) is 1. The van der Waals surface area contributed by atoms with Crippen LogP contribution in [0.25, 0.3) is 0 Å². The minimum absolute atomic E-state index is 0.763. The first-order valence-corrected chi connectivity index (χ1v) is 7.19. The molecule has 1 aromatic carbocycles. The van der Waals surface area contributed by atoms with E-state index >= 15 is 0 Å². The van der Waals surface area contributed by atoms with E-state index < -0.39 is 0 Å². The SMILES string of the molecule is COCCCN(C)C(=S)NCCc1ccc(OC)cc1. The summed E-state index contributed by atoms with van der Waals surface area (Å²) in [4.78, 5) is 2.04. The van der Waals surface area contributed by atoms with E-state index in [1.165, 1.54) is 5.56 Å².